The third-order valence-electron chi connectivity index (χ3n) is 2.91. The number of nitrogens with one attached hydrogen (secondary N) is 2. The summed E-state index contributed by atoms with van der Waals surface area (Å²) < 4.78 is 5.11. The summed E-state index contributed by atoms with van der Waals surface area (Å²) in [6.07, 6.45) is 0.662. The Bertz CT molecular complexity index is 597. The van der Waals surface area contributed by atoms with Crippen molar-refractivity contribution in [2.45, 2.75) is 26.3 Å². The van der Waals surface area contributed by atoms with E-state index in [1.165, 1.54) is 11.3 Å². The minimum atomic E-state index is -0.331. The monoisotopic (exact) mass is 306 g/mol. The molecule has 2 aromatic rings. The Morgan fingerprint density at radius 2 is 2.05 bits per heavy atom. The number of anilines is 2. The molecule has 112 valence electrons. The van der Waals surface area contributed by atoms with Gasteiger partial charge in [0.1, 0.15) is 16.8 Å². The standard InChI is InChI=1S/C14H18N4O2S/c1-4-12(13(19)16-14-18-17-9(2)21-14)15-10-5-7-11(20-3)8-6-10/h5-8,12,15H,4H2,1-3H3,(H,16,18,19)/t12-/m0/s1. The van der Waals surface area contributed by atoms with Gasteiger partial charge in [0.15, 0.2) is 0 Å². The fourth-order valence-corrected chi connectivity index (χ4v) is 2.38. The van der Waals surface area contributed by atoms with E-state index in [0.29, 0.717) is 11.6 Å². The lowest BCUT2D eigenvalue weighted by Crippen LogP contribution is -2.34. The second kappa shape index (κ2) is 7.03. The molecule has 0 aliphatic heterocycles. The zero-order valence-corrected chi connectivity index (χ0v) is 13.0. The quantitative estimate of drug-likeness (QED) is 0.858. The number of methoxy groups -OCH3 is 1. The molecule has 1 aromatic carbocycles. The molecule has 1 amide bonds. The van der Waals surface area contributed by atoms with Crippen molar-refractivity contribution in [1.29, 1.82) is 0 Å². The highest BCUT2D eigenvalue weighted by molar-refractivity contribution is 7.15. The van der Waals surface area contributed by atoms with Crippen LogP contribution in [0.25, 0.3) is 0 Å². The lowest BCUT2D eigenvalue weighted by atomic mass is 10.2. The summed E-state index contributed by atoms with van der Waals surface area (Å²) in [5.74, 6) is 0.659. The van der Waals surface area contributed by atoms with Crippen LogP contribution in [0.15, 0.2) is 24.3 Å². The molecule has 0 aliphatic carbocycles. The predicted molar refractivity (Wildman–Crippen MR) is 84.0 cm³/mol. The molecular formula is C14H18N4O2S. The predicted octanol–water partition coefficient (Wildman–Crippen LogP) is 2.68. The van der Waals surface area contributed by atoms with Crippen LogP contribution in [0.3, 0.4) is 0 Å². The molecule has 0 radical (unpaired) electrons. The largest absolute Gasteiger partial charge is 0.497 e. The van der Waals surface area contributed by atoms with Crippen molar-refractivity contribution in [2.24, 2.45) is 0 Å². The normalized spacial score (nSPS) is 11.8. The number of ether oxygens (including phenoxy) is 1. The van der Waals surface area contributed by atoms with Crippen LogP contribution in [0.5, 0.6) is 5.75 Å². The number of hydrogen-bond donors (Lipinski definition) is 2. The summed E-state index contributed by atoms with van der Waals surface area (Å²) >= 11 is 1.36. The summed E-state index contributed by atoms with van der Waals surface area (Å²) in [7, 11) is 1.62. The van der Waals surface area contributed by atoms with Crippen LogP contribution in [-0.2, 0) is 4.79 Å². The van der Waals surface area contributed by atoms with Gasteiger partial charge < -0.3 is 10.1 Å². The fraction of sp³-hybridized carbons (Fsp3) is 0.357. The number of aryl methyl sites for hydroxylation is 1. The molecule has 21 heavy (non-hydrogen) atoms. The molecule has 0 aliphatic rings. The zero-order valence-electron chi connectivity index (χ0n) is 12.2. The number of carbonyl (C=O) groups is 1. The Labute approximate surface area is 127 Å². The first-order valence-corrected chi connectivity index (χ1v) is 7.45. The van der Waals surface area contributed by atoms with Crippen LogP contribution in [0.1, 0.15) is 18.4 Å². The van der Waals surface area contributed by atoms with E-state index in [4.69, 9.17) is 4.74 Å². The van der Waals surface area contributed by atoms with E-state index in [0.717, 1.165) is 16.4 Å². The van der Waals surface area contributed by atoms with E-state index < -0.39 is 0 Å². The van der Waals surface area contributed by atoms with E-state index in [2.05, 4.69) is 20.8 Å². The Hall–Kier alpha value is -2.15. The number of nitrogens with zero attached hydrogens (tertiary/aromatic N) is 2. The SMILES string of the molecule is CC[C@H](Nc1ccc(OC)cc1)C(=O)Nc1nnc(C)s1. The van der Waals surface area contributed by atoms with Crippen molar-refractivity contribution in [3.05, 3.63) is 29.3 Å². The maximum absolute atomic E-state index is 12.2. The van der Waals surface area contributed by atoms with Gasteiger partial charge in [-0.3, -0.25) is 10.1 Å². The Morgan fingerprint density at radius 3 is 2.57 bits per heavy atom. The van der Waals surface area contributed by atoms with Crippen LogP contribution in [0, 0.1) is 6.92 Å². The molecule has 1 atom stereocenters. The van der Waals surface area contributed by atoms with Crippen LogP contribution in [0.4, 0.5) is 10.8 Å². The second-order valence-electron chi connectivity index (χ2n) is 4.45. The van der Waals surface area contributed by atoms with Gasteiger partial charge in [-0.1, -0.05) is 18.3 Å². The molecule has 0 saturated heterocycles. The lowest BCUT2D eigenvalue weighted by molar-refractivity contribution is -0.117. The van der Waals surface area contributed by atoms with E-state index >= 15 is 0 Å². The van der Waals surface area contributed by atoms with Gasteiger partial charge in [0, 0.05) is 5.69 Å². The number of rotatable bonds is 6. The number of amides is 1. The summed E-state index contributed by atoms with van der Waals surface area (Å²) in [5, 5.41) is 15.1. The van der Waals surface area contributed by atoms with Crippen LogP contribution in [-0.4, -0.2) is 29.3 Å². The van der Waals surface area contributed by atoms with Gasteiger partial charge in [0.2, 0.25) is 11.0 Å². The molecule has 1 aromatic heterocycles. The highest BCUT2D eigenvalue weighted by Gasteiger charge is 2.17. The van der Waals surface area contributed by atoms with Crippen LogP contribution >= 0.6 is 11.3 Å². The molecule has 2 rings (SSSR count). The lowest BCUT2D eigenvalue weighted by Gasteiger charge is -2.17. The van der Waals surface area contributed by atoms with Crippen molar-refractivity contribution < 1.29 is 9.53 Å². The van der Waals surface area contributed by atoms with E-state index in [1.54, 1.807) is 7.11 Å². The van der Waals surface area contributed by atoms with Crippen LogP contribution in [0.2, 0.25) is 0 Å². The zero-order chi connectivity index (χ0) is 15.2. The topological polar surface area (TPSA) is 76.1 Å². The third kappa shape index (κ3) is 4.16. The van der Waals surface area contributed by atoms with Gasteiger partial charge in [0.25, 0.3) is 0 Å². The van der Waals surface area contributed by atoms with Gasteiger partial charge >= 0.3 is 0 Å². The van der Waals surface area contributed by atoms with Crippen molar-refractivity contribution in [2.75, 3.05) is 17.7 Å². The average Bonchev–Trinajstić information content (AvgIpc) is 2.90. The van der Waals surface area contributed by atoms with Gasteiger partial charge in [-0.15, -0.1) is 10.2 Å². The minimum absolute atomic E-state index is 0.121. The fourth-order valence-electron chi connectivity index (χ4n) is 1.78. The summed E-state index contributed by atoms with van der Waals surface area (Å²) in [5.41, 5.74) is 0.867. The molecule has 0 saturated carbocycles. The first-order chi connectivity index (χ1) is 10.1. The average molecular weight is 306 g/mol. The summed E-state index contributed by atoms with van der Waals surface area (Å²) in [6.45, 7) is 3.80. The smallest absolute Gasteiger partial charge is 0.248 e. The van der Waals surface area contributed by atoms with Crippen molar-refractivity contribution in [1.82, 2.24) is 10.2 Å². The maximum Gasteiger partial charge on any atom is 0.248 e. The molecule has 0 spiro atoms. The molecule has 0 unspecified atom stereocenters. The Balaban J connectivity index is 1.99. The highest BCUT2D eigenvalue weighted by Crippen LogP contribution is 2.18. The molecule has 7 heteroatoms. The van der Waals surface area contributed by atoms with Crippen molar-refractivity contribution in [3.63, 3.8) is 0 Å². The number of benzene rings is 1. The number of hydrogen-bond acceptors (Lipinski definition) is 6. The first-order valence-electron chi connectivity index (χ1n) is 6.64. The van der Waals surface area contributed by atoms with E-state index in [-0.39, 0.29) is 11.9 Å². The van der Waals surface area contributed by atoms with E-state index in [1.807, 2.05) is 38.1 Å². The molecule has 6 nitrogen and oxygen atoms in total. The molecule has 2 N–H and O–H groups in total. The molecule has 0 fully saturated rings. The summed E-state index contributed by atoms with van der Waals surface area (Å²) in [4.78, 5) is 12.2. The van der Waals surface area contributed by atoms with Crippen LogP contribution < -0.4 is 15.4 Å². The summed E-state index contributed by atoms with van der Waals surface area (Å²) in [6, 6.07) is 7.12. The first kappa shape index (κ1) is 15.2. The van der Waals surface area contributed by atoms with Crippen molar-refractivity contribution >= 4 is 28.1 Å². The van der Waals surface area contributed by atoms with Gasteiger partial charge in [-0.25, -0.2) is 0 Å². The van der Waals surface area contributed by atoms with Gasteiger partial charge in [-0.05, 0) is 37.6 Å². The Kier molecular flexibility index (Phi) is 5.10. The number of carbonyl (C=O) groups excluding carboxylic acids is 1. The van der Waals surface area contributed by atoms with Gasteiger partial charge in [-0.2, -0.15) is 0 Å². The van der Waals surface area contributed by atoms with Gasteiger partial charge in [0.05, 0.1) is 7.11 Å². The molecule has 1 heterocycles. The second-order valence-corrected chi connectivity index (χ2v) is 5.63. The number of aromatic nitrogens is 2. The highest BCUT2D eigenvalue weighted by atomic mass is 32.1. The maximum atomic E-state index is 12.2. The third-order valence-corrected chi connectivity index (χ3v) is 3.67. The Morgan fingerprint density at radius 1 is 1.33 bits per heavy atom. The minimum Gasteiger partial charge on any atom is -0.497 e. The molecular weight excluding hydrogens is 288 g/mol. The van der Waals surface area contributed by atoms with Crippen molar-refractivity contribution in [3.8, 4) is 5.75 Å². The molecule has 0 bridgehead atoms. The van der Waals surface area contributed by atoms with E-state index in [9.17, 15) is 4.79 Å².